The van der Waals surface area contributed by atoms with Crippen molar-refractivity contribution in [1.29, 1.82) is 0 Å². The smallest absolute Gasteiger partial charge is 0.136 e. The maximum atomic E-state index is 11.9. The first kappa shape index (κ1) is 6.70. The topological polar surface area (TPSA) is 0 Å². The van der Waals surface area contributed by atoms with Crippen molar-refractivity contribution in [3.8, 4) is 0 Å². The second kappa shape index (κ2) is 2.80. The van der Waals surface area contributed by atoms with Crippen molar-refractivity contribution in [3.05, 3.63) is 23.5 Å². The Morgan fingerprint density at radius 1 is 1.86 bits per heavy atom. The molecule has 0 saturated heterocycles. The maximum Gasteiger partial charge on any atom is 0.136 e. The largest absolute Gasteiger partial charge is 0.206 e. The summed E-state index contributed by atoms with van der Waals surface area (Å²) in [5, 5.41) is 0.148. The summed E-state index contributed by atoms with van der Waals surface area (Å²) in [6.07, 6.45) is 1.07. The van der Waals surface area contributed by atoms with Crippen LogP contribution in [0, 0.1) is 0 Å². The first-order valence-corrected chi connectivity index (χ1v) is 2.20. The zero-order chi connectivity index (χ0) is 5.86. The normalized spacial score (nSPS) is 13.0. The van der Waals surface area contributed by atoms with Crippen molar-refractivity contribution in [1.82, 2.24) is 0 Å². The molecule has 0 aromatic heterocycles. The zero-order valence-electron chi connectivity index (χ0n) is 4.04. The molecule has 0 rings (SSSR count). The molecule has 0 aromatic rings. The van der Waals surface area contributed by atoms with Gasteiger partial charge in [-0.1, -0.05) is 18.2 Å². The van der Waals surface area contributed by atoms with Gasteiger partial charge in [0, 0.05) is 0 Å². The predicted molar refractivity (Wildman–Crippen MR) is 29.9 cm³/mol. The SMILES string of the molecule is C=CC(F)=C(C)Cl. The molecule has 0 spiro atoms. The lowest BCUT2D eigenvalue weighted by Crippen LogP contribution is -1.63. The monoisotopic (exact) mass is 120 g/mol. The minimum Gasteiger partial charge on any atom is -0.206 e. The molecule has 0 N–H and O–H groups in total. The highest BCUT2D eigenvalue weighted by molar-refractivity contribution is 6.29. The fraction of sp³-hybridized carbons (Fsp3) is 0.200. The number of hydrogen-bond donors (Lipinski definition) is 0. The van der Waals surface area contributed by atoms with Crippen molar-refractivity contribution in [2.75, 3.05) is 0 Å². The Balaban J connectivity index is 3.98. The molecule has 0 radical (unpaired) electrons. The van der Waals surface area contributed by atoms with E-state index in [9.17, 15) is 4.39 Å². The first-order valence-electron chi connectivity index (χ1n) is 1.82. The van der Waals surface area contributed by atoms with Gasteiger partial charge in [-0.25, -0.2) is 4.39 Å². The zero-order valence-corrected chi connectivity index (χ0v) is 4.80. The van der Waals surface area contributed by atoms with E-state index in [0.717, 1.165) is 6.08 Å². The van der Waals surface area contributed by atoms with Gasteiger partial charge < -0.3 is 0 Å². The minimum atomic E-state index is -0.457. The molecule has 0 unspecified atom stereocenters. The van der Waals surface area contributed by atoms with Gasteiger partial charge in [0.05, 0.1) is 5.03 Å². The summed E-state index contributed by atoms with van der Waals surface area (Å²) in [4.78, 5) is 0. The molecular formula is C5H6ClF. The summed E-state index contributed by atoms with van der Waals surface area (Å²) < 4.78 is 11.9. The van der Waals surface area contributed by atoms with Gasteiger partial charge in [0.2, 0.25) is 0 Å². The number of hydrogen-bond acceptors (Lipinski definition) is 0. The van der Waals surface area contributed by atoms with E-state index in [4.69, 9.17) is 11.6 Å². The summed E-state index contributed by atoms with van der Waals surface area (Å²) >= 11 is 5.16. The van der Waals surface area contributed by atoms with E-state index in [2.05, 4.69) is 6.58 Å². The molecule has 7 heavy (non-hydrogen) atoms. The number of halogens is 2. The van der Waals surface area contributed by atoms with E-state index >= 15 is 0 Å². The Bertz CT molecular complexity index is 101. The Morgan fingerprint density at radius 3 is 2.29 bits per heavy atom. The summed E-state index contributed by atoms with van der Waals surface area (Å²) in [5.41, 5.74) is 0. The Kier molecular flexibility index (Phi) is 2.68. The van der Waals surface area contributed by atoms with Gasteiger partial charge in [-0.2, -0.15) is 0 Å². The highest BCUT2D eigenvalue weighted by atomic mass is 35.5. The van der Waals surface area contributed by atoms with Crippen LogP contribution >= 0.6 is 11.6 Å². The van der Waals surface area contributed by atoms with Gasteiger partial charge >= 0.3 is 0 Å². The van der Waals surface area contributed by atoms with Crippen LogP contribution in [0.1, 0.15) is 6.92 Å². The van der Waals surface area contributed by atoms with Gasteiger partial charge in [-0.3, -0.25) is 0 Å². The van der Waals surface area contributed by atoms with E-state index in [1.54, 1.807) is 0 Å². The van der Waals surface area contributed by atoms with Crippen LogP contribution in [0.25, 0.3) is 0 Å². The molecule has 2 heteroatoms. The molecule has 0 saturated carbocycles. The second-order valence-electron chi connectivity index (χ2n) is 1.09. The van der Waals surface area contributed by atoms with E-state index in [-0.39, 0.29) is 5.03 Å². The van der Waals surface area contributed by atoms with Crippen LogP contribution in [0.3, 0.4) is 0 Å². The average Bonchev–Trinajstić information content (AvgIpc) is 1.65. The molecule has 0 aromatic carbocycles. The second-order valence-corrected chi connectivity index (χ2v) is 1.65. The van der Waals surface area contributed by atoms with Crippen LogP contribution in [0.4, 0.5) is 4.39 Å². The molecule has 0 aliphatic rings. The number of rotatable bonds is 1. The van der Waals surface area contributed by atoms with Crippen molar-refractivity contribution in [2.45, 2.75) is 6.92 Å². The Morgan fingerprint density at radius 2 is 2.29 bits per heavy atom. The van der Waals surface area contributed by atoms with Gasteiger partial charge in [0.1, 0.15) is 5.83 Å². The molecule has 0 bridgehead atoms. The molecule has 0 amide bonds. The van der Waals surface area contributed by atoms with Gasteiger partial charge in [0.15, 0.2) is 0 Å². The van der Waals surface area contributed by atoms with E-state index in [1.165, 1.54) is 6.92 Å². The lowest BCUT2D eigenvalue weighted by molar-refractivity contribution is 0.662. The molecule has 0 heterocycles. The maximum absolute atomic E-state index is 11.9. The lowest BCUT2D eigenvalue weighted by Gasteiger charge is -1.82. The average molecular weight is 121 g/mol. The summed E-state index contributed by atoms with van der Waals surface area (Å²) in [5.74, 6) is -0.457. The highest BCUT2D eigenvalue weighted by Crippen LogP contribution is 2.08. The summed E-state index contributed by atoms with van der Waals surface area (Å²) in [7, 11) is 0. The van der Waals surface area contributed by atoms with Crippen LogP contribution in [0.2, 0.25) is 0 Å². The fourth-order valence-corrected chi connectivity index (χ4v) is 0.218. The van der Waals surface area contributed by atoms with E-state index in [0.29, 0.717) is 0 Å². The van der Waals surface area contributed by atoms with Crippen LogP contribution in [0.5, 0.6) is 0 Å². The third-order valence-electron chi connectivity index (χ3n) is 0.508. The fourth-order valence-electron chi connectivity index (χ4n) is 0.141. The molecule has 0 atom stereocenters. The van der Waals surface area contributed by atoms with Crippen molar-refractivity contribution >= 4 is 11.6 Å². The summed E-state index contributed by atoms with van der Waals surface area (Å²) in [6, 6.07) is 0. The standard InChI is InChI=1S/C5H6ClF/c1-3-5(7)4(2)6/h3H,1H2,2H3. The third kappa shape index (κ3) is 2.40. The quantitative estimate of drug-likeness (QED) is 0.467. The first-order chi connectivity index (χ1) is 3.18. The lowest BCUT2D eigenvalue weighted by atomic mass is 10.5. The van der Waals surface area contributed by atoms with Crippen molar-refractivity contribution in [2.24, 2.45) is 0 Å². The highest BCUT2D eigenvalue weighted by Gasteiger charge is 1.87. The van der Waals surface area contributed by atoms with Crippen molar-refractivity contribution in [3.63, 3.8) is 0 Å². The van der Waals surface area contributed by atoms with Crippen LogP contribution in [0.15, 0.2) is 23.5 Å². The molecule has 0 nitrogen and oxygen atoms in total. The van der Waals surface area contributed by atoms with E-state index in [1.807, 2.05) is 0 Å². The third-order valence-corrected chi connectivity index (χ3v) is 0.689. The van der Waals surface area contributed by atoms with Crippen LogP contribution in [-0.2, 0) is 0 Å². The Hall–Kier alpha value is -0.300. The molecule has 40 valence electrons. The van der Waals surface area contributed by atoms with Gasteiger partial charge in [-0.15, -0.1) is 0 Å². The Labute approximate surface area is 47.3 Å². The van der Waals surface area contributed by atoms with Gasteiger partial charge in [0.25, 0.3) is 0 Å². The molecule has 0 aliphatic heterocycles. The number of allylic oxidation sites excluding steroid dienone is 3. The predicted octanol–water partition coefficient (Wildman–Crippen LogP) is 2.61. The van der Waals surface area contributed by atoms with Crippen LogP contribution < -0.4 is 0 Å². The minimum absolute atomic E-state index is 0.148. The van der Waals surface area contributed by atoms with Gasteiger partial charge in [-0.05, 0) is 13.0 Å². The van der Waals surface area contributed by atoms with Crippen molar-refractivity contribution < 1.29 is 4.39 Å². The molecule has 0 fully saturated rings. The molecule has 0 aliphatic carbocycles. The van der Waals surface area contributed by atoms with E-state index < -0.39 is 5.83 Å². The summed E-state index contributed by atoms with van der Waals surface area (Å²) in [6.45, 7) is 4.64. The van der Waals surface area contributed by atoms with Crippen LogP contribution in [-0.4, -0.2) is 0 Å². The molecular weight excluding hydrogens is 115 g/mol.